The molecule has 0 saturated heterocycles. The number of methoxy groups -OCH3 is 1. The predicted octanol–water partition coefficient (Wildman–Crippen LogP) is 2.08. The van der Waals surface area contributed by atoms with Gasteiger partial charge >= 0.3 is 5.97 Å². The molecule has 5 heteroatoms. The second-order valence-corrected chi connectivity index (χ2v) is 5.38. The molecule has 1 fully saturated rings. The summed E-state index contributed by atoms with van der Waals surface area (Å²) < 4.78 is 4.71. The van der Waals surface area contributed by atoms with Gasteiger partial charge in [0.25, 0.3) is 0 Å². The molecule has 1 aliphatic carbocycles. The molecule has 0 amide bonds. The van der Waals surface area contributed by atoms with E-state index in [0.29, 0.717) is 29.2 Å². The Morgan fingerprint density at radius 2 is 2.21 bits per heavy atom. The maximum atomic E-state index is 11.6. The number of hydrogen-bond donors (Lipinski definition) is 1. The first-order valence-electron chi connectivity index (χ1n) is 6.64. The van der Waals surface area contributed by atoms with Gasteiger partial charge in [0.1, 0.15) is 0 Å². The van der Waals surface area contributed by atoms with Crippen LogP contribution in [0.2, 0.25) is 0 Å². The molecular weight excluding hydrogens is 242 g/mol. The van der Waals surface area contributed by atoms with E-state index >= 15 is 0 Å². The predicted molar refractivity (Wildman–Crippen MR) is 75.2 cm³/mol. The normalized spacial score (nSPS) is 14.5. The van der Waals surface area contributed by atoms with Crippen molar-refractivity contribution in [1.82, 2.24) is 4.98 Å². The molecule has 0 unspecified atom stereocenters. The first-order valence-corrected chi connectivity index (χ1v) is 6.64. The lowest BCUT2D eigenvalue weighted by atomic mass is 10.2. The minimum atomic E-state index is -0.429. The standard InChI is InChI=1S/C14H21N3O2/c1-9(2)8-17(10-4-5-10)13-11(15)6-7-12(16-13)14(18)19-3/h6-7,9-10H,4-5,8,15H2,1-3H3. The van der Waals surface area contributed by atoms with Crippen LogP contribution in [0.4, 0.5) is 11.5 Å². The minimum absolute atomic E-state index is 0.307. The molecule has 0 bridgehead atoms. The molecule has 0 spiro atoms. The summed E-state index contributed by atoms with van der Waals surface area (Å²) in [6.07, 6.45) is 2.33. The van der Waals surface area contributed by atoms with Crippen LogP contribution < -0.4 is 10.6 Å². The number of ether oxygens (including phenoxy) is 1. The molecule has 1 aromatic heterocycles. The van der Waals surface area contributed by atoms with Gasteiger partial charge < -0.3 is 15.4 Å². The Morgan fingerprint density at radius 1 is 1.53 bits per heavy atom. The molecule has 1 heterocycles. The Kier molecular flexibility index (Phi) is 3.93. The molecule has 1 aromatic rings. The molecule has 104 valence electrons. The Bertz CT molecular complexity index is 470. The molecule has 1 saturated carbocycles. The molecule has 1 aliphatic rings. The number of anilines is 2. The number of esters is 1. The third-order valence-electron chi connectivity index (χ3n) is 3.12. The summed E-state index contributed by atoms with van der Waals surface area (Å²) >= 11 is 0. The number of carbonyl (C=O) groups excluding carboxylic acids is 1. The Morgan fingerprint density at radius 3 is 2.74 bits per heavy atom. The fourth-order valence-electron chi connectivity index (χ4n) is 2.10. The highest BCUT2D eigenvalue weighted by atomic mass is 16.5. The topological polar surface area (TPSA) is 68.5 Å². The Balaban J connectivity index is 2.32. The van der Waals surface area contributed by atoms with Crippen molar-refractivity contribution in [2.24, 2.45) is 5.92 Å². The molecule has 0 atom stereocenters. The van der Waals surface area contributed by atoms with Gasteiger partial charge in [-0.05, 0) is 30.9 Å². The SMILES string of the molecule is COC(=O)c1ccc(N)c(N(CC(C)C)C2CC2)n1. The van der Waals surface area contributed by atoms with Crippen molar-refractivity contribution in [3.05, 3.63) is 17.8 Å². The smallest absolute Gasteiger partial charge is 0.356 e. The number of nitrogens with two attached hydrogens (primary N) is 1. The van der Waals surface area contributed by atoms with E-state index < -0.39 is 5.97 Å². The van der Waals surface area contributed by atoms with E-state index in [9.17, 15) is 4.79 Å². The molecule has 2 rings (SSSR count). The van der Waals surface area contributed by atoms with Crippen molar-refractivity contribution in [3.63, 3.8) is 0 Å². The zero-order valence-corrected chi connectivity index (χ0v) is 11.7. The van der Waals surface area contributed by atoms with Crippen molar-refractivity contribution in [3.8, 4) is 0 Å². The van der Waals surface area contributed by atoms with Crippen molar-refractivity contribution >= 4 is 17.5 Å². The van der Waals surface area contributed by atoms with Gasteiger partial charge in [0, 0.05) is 12.6 Å². The summed E-state index contributed by atoms with van der Waals surface area (Å²) in [6, 6.07) is 3.83. The van der Waals surface area contributed by atoms with E-state index in [4.69, 9.17) is 10.5 Å². The van der Waals surface area contributed by atoms with E-state index in [1.54, 1.807) is 12.1 Å². The fraction of sp³-hybridized carbons (Fsp3) is 0.571. The van der Waals surface area contributed by atoms with Crippen LogP contribution in [0.3, 0.4) is 0 Å². The third-order valence-corrected chi connectivity index (χ3v) is 3.12. The average Bonchev–Trinajstić information content (AvgIpc) is 3.20. The number of rotatable bonds is 5. The van der Waals surface area contributed by atoms with E-state index in [0.717, 1.165) is 19.4 Å². The van der Waals surface area contributed by atoms with E-state index in [1.807, 2.05) is 0 Å². The lowest BCUT2D eigenvalue weighted by Crippen LogP contribution is -2.31. The molecule has 2 N–H and O–H groups in total. The molecule has 19 heavy (non-hydrogen) atoms. The number of nitrogens with zero attached hydrogens (tertiary/aromatic N) is 2. The quantitative estimate of drug-likeness (QED) is 0.824. The summed E-state index contributed by atoms with van der Waals surface area (Å²) in [5, 5.41) is 0. The number of carbonyl (C=O) groups is 1. The van der Waals surface area contributed by atoms with Gasteiger partial charge in [0.15, 0.2) is 11.5 Å². The summed E-state index contributed by atoms with van der Waals surface area (Å²) in [5.41, 5.74) is 6.93. The molecule has 5 nitrogen and oxygen atoms in total. The maximum absolute atomic E-state index is 11.6. The monoisotopic (exact) mass is 263 g/mol. The van der Waals surface area contributed by atoms with Gasteiger partial charge in [-0.2, -0.15) is 0 Å². The van der Waals surface area contributed by atoms with Crippen LogP contribution in [-0.2, 0) is 4.74 Å². The maximum Gasteiger partial charge on any atom is 0.356 e. The first-order chi connectivity index (χ1) is 9.02. The number of hydrogen-bond acceptors (Lipinski definition) is 5. The summed E-state index contributed by atoms with van der Waals surface area (Å²) in [5.74, 6) is 0.796. The first kappa shape index (κ1) is 13.6. The van der Waals surface area contributed by atoms with E-state index in [-0.39, 0.29) is 0 Å². The van der Waals surface area contributed by atoms with Crippen LogP contribution in [0.1, 0.15) is 37.2 Å². The minimum Gasteiger partial charge on any atom is -0.464 e. The largest absolute Gasteiger partial charge is 0.464 e. The van der Waals surface area contributed by atoms with Crippen LogP contribution >= 0.6 is 0 Å². The lowest BCUT2D eigenvalue weighted by molar-refractivity contribution is 0.0594. The molecule has 0 aliphatic heterocycles. The Labute approximate surface area is 113 Å². The number of aromatic nitrogens is 1. The highest BCUT2D eigenvalue weighted by molar-refractivity contribution is 5.88. The van der Waals surface area contributed by atoms with Gasteiger partial charge in [0.05, 0.1) is 12.8 Å². The second-order valence-electron chi connectivity index (χ2n) is 5.38. The van der Waals surface area contributed by atoms with Crippen molar-refractivity contribution in [1.29, 1.82) is 0 Å². The van der Waals surface area contributed by atoms with Crippen LogP contribution in [0, 0.1) is 5.92 Å². The Hall–Kier alpha value is -1.78. The van der Waals surface area contributed by atoms with Gasteiger partial charge in [-0.25, -0.2) is 9.78 Å². The van der Waals surface area contributed by atoms with Crippen molar-refractivity contribution in [2.45, 2.75) is 32.7 Å². The van der Waals surface area contributed by atoms with Crippen molar-refractivity contribution < 1.29 is 9.53 Å². The zero-order valence-electron chi connectivity index (χ0n) is 11.7. The number of pyridine rings is 1. The molecule has 0 aromatic carbocycles. The van der Waals surface area contributed by atoms with E-state index in [2.05, 4.69) is 23.7 Å². The van der Waals surface area contributed by atoms with Crippen molar-refractivity contribution in [2.75, 3.05) is 24.3 Å². The summed E-state index contributed by atoms with van der Waals surface area (Å²) in [7, 11) is 1.35. The highest BCUT2D eigenvalue weighted by Crippen LogP contribution is 2.34. The fourth-order valence-corrected chi connectivity index (χ4v) is 2.10. The average molecular weight is 263 g/mol. The molecular formula is C14H21N3O2. The van der Waals surface area contributed by atoms with Gasteiger partial charge in [-0.3, -0.25) is 0 Å². The van der Waals surface area contributed by atoms with E-state index in [1.165, 1.54) is 7.11 Å². The van der Waals surface area contributed by atoms with Gasteiger partial charge in [-0.15, -0.1) is 0 Å². The van der Waals surface area contributed by atoms with Gasteiger partial charge in [0.2, 0.25) is 0 Å². The zero-order chi connectivity index (χ0) is 14.0. The summed E-state index contributed by atoms with van der Waals surface area (Å²) in [6.45, 7) is 5.22. The van der Waals surface area contributed by atoms with Gasteiger partial charge in [-0.1, -0.05) is 13.8 Å². The van der Waals surface area contributed by atoms with Crippen LogP contribution in [0.15, 0.2) is 12.1 Å². The summed E-state index contributed by atoms with van der Waals surface area (Å²) in [4.78, 5) is 18.2. The lowest BCUT2D eigenvalue weighted by Gasteiger charge is -2.26. The van der Waals surface area contributed by atoms with Crippen LogP contribution in [0.5, 0.6) is 0 Å². The van der Waals surface area contributed by atoms with Crippen LogP contribution in [0.25, 0.3) is 0 Å². The third kappa shape index (κ3) is 3.16. The van der Waals surface area contributed by atoms with Crippen LogP contribution in [-0.4, -0.2) is 30.6 Å². The second kappa shape index (κ2) is 5.47. The number of nitrogen functional groups attached to an aromatic ring is 1. The highest BCUT2D eigenvalue weighted by Gasteiger charge is 2.31. The molecule has 0 radical (unpaired) electrons.